The van der Waals surface area contributed by atoms with Crippen molar-refractivity contribution in [2.45, 2.75) is 75.9 Å². The summed E-state index contributed by atoms with van der Waals surface area (Å²) in [5, 5.41) is 4.84. The molecule has 1 aromatic rings. The number of carbonyl (C=O) groups is 4. The van der Waals surface area contributed by atoms with Gasteiger partial charge in [0.05, 0.1) is 0 Å². The summed E-state index contributed by atoms with van der Waals surface area (Å²) in [6.07, 6.45) is -3.18. The van der Waals surface area contributed by atoms with E-state index in [-0.39, 0.29) is 11.9 Å². The fourth-order valence-electron chi connectivity index (χ4n) is 5.28. The Morgan fingerprint density at radius 3 is 2.13 bits per heavy atom. The number of carbonyl (C=O) groups excluding carboxylic acids is 4. The molecule has 0 spiro atoms. The molecular weight excluding hydrogens is 507 g/mol. The maximum absolute atomic E-state index is 14.2. The summed E-state index contributed by atoms with van der Waals surface area (Å²) >= 11 is 0. The normalized spacial score (nSPS) is 23.4. The van der Waals surface area contributed by atoms with Crippen LogP contribution in [0.15, 0.2) is 30.3 Å². The molecule has 12 heteroatoms. The number of ether oxygens (including phenoxy) is 2. The van der Waals surface area contributed by atoms with Gasteiger partial charge in [-0.2, -0.15) is 13.2 Å². The van der Waals surface area contributed by atoms with Crippen LogP contribution in [0.4, 0.5) is 13.2 Å². The molecule has 2 atom stereocenters. The minimum Gasteiger partial charge on any atom is -0.460 e. The lowest BCUT2D eigenvalue weighted by Gasteiger charge is -2.38. The van der Waals surface area contributed by atoms with Crippen LogP contribution >= 0.6 is 0 Å². The van der Waals surface area contributed by atoms with Crippen molar-refractivity contribution in [1.29, 1.82) is 0 Å². The van der Waals surface area contributed by atoms with Crippen LogP contribution in [0.1, 0.15) is 52.0 Å². The number of halogens is 3. The Morgan fingerprint density at radius 2 is 1.66 bits per heavy atom. The topological polar surface area (TPSA) is 114 Å². The number of nitrogens with one attached hydrogen (secondary N) is 2. The van der Waals surface area contributed by atoms with Crippen molar-refractivity contribution < 1.29 is 41.8 Å². The number of fused-ring (bicyclic) bond motifs is 2. The Kier molecular flexibility index (Phi) is 8.16. The van der Waals surface area contributed by atoms with E-state index < -0.39 is 58.7 Å². The molecule has 0 aliphatic carbocycles. The molecule has 210 valence electrons. The maximum Gasteiger partial charge on any atom is 0.432 e. The summed E-state index contributed by atoms with van der Waals surface area (Å²) in [6.45, 7) is 4.37. The molecule has 0 unspecified atom stereocenters. The van der Waals surface area contributed by atoms with E-state index in [4.69, 9.17) is 9.47 Å². The van der Waals surface area contributed by atoms with Crippen LogP contribution in [0.25, 0.3) is 0 Å². The second kappa shape index (κ2) is 10.5. The second-order valence-corrected chi connectivity index (χ2v) is 10.7. The third-order valence-corrected chi connectivity index (χ3v) is 7.31. The predicted molar refractivity (Wildman–Crippen MR) is 129 cm³/mol. The number of esters is 1. The van der Waals surface area contributed by atoms with Crippen molar-refractivity contribution in [2.24, 2.45) is 5.41 Å². The third kappa shape index (κ3) is 4.97. The molecule has 38 heavy (non-hydrogen) atoms. The molecule has 0 saturated carbocycles. The fourth-order valence-corrected chi connectivity index (χ4v) is 5.28. The molecule has 0 aromatic heterocycles. The zero-order chi connectivity index (χ0) is 28.5. The largest absolute Gasteiger partial charge is 0.460 e. The van der Waals surface area contributed by atoms with Crippen LogP contribution in [-0.4, -0.2) is 73.2 Å². The quantitative estimate of drug-likeness (QED) is 0.489. The Bertz CT molecular complexity index is 1060. The number of rotatable bonds is 8. The van der Waals surface area contributed by atoms with Gasteiger partial charge in [0.2, 0.25) is 17.7 Å². The van der Waals surface area contributed by atoms with Crippen LogP contribution in [0.2, 0.25) is 0 Å². The van der Waals surface area contributed by atoms with E-state index in [1.54, 1.807) is 25.7 Å². The van der Waals surface area contributed by atoms with Gasteiger partial charge in [0.25, 0.3) is 5.60 Å². The summed E-state index contributed by atoms with van der Waals surface area (Å²) in [5.74, 6) is -3.38. The van der Waals surface area contributed by atoms with Crippen molar-refractivity contribution in [2.75, 3.05) is 20.8 Å². The van der Waals surface area contributed by atoms with E-state index >= 15 is 0 Å². The number of hydrogen-bond donors (Lipinski definition) is 2. The van der Waals surface area contributed by atoms with Gasteiger partial charge >= 0.3 is 12.1 Å². The number of amides is 3. The Balaban J connectivity index is 1.84. The Labute approximate surface area is 219 Å². The lowest BCUT2D eigenvalue weighted by Crippen LogP contribution is -2.61. The molecule has 0 radical (unpaired) electrons. The van der Waals surface area contributed by atoms with E-state index in [0.717, 1.165) is 19.2 Å². The van der Waals surface area contributed by atoms with Gasteiger partial charge < -0.3 is 25.0 Å². The number of methoxy groups -OCH3 is 1. The van der Waals surface area contributed by atoms with Gasteiger partial charge in [-0.15, -0.1) is 0 Å². The highest BCUT2D eigenvalue weighted by Crippen LogP contribution is 2.48. The Hall–Kier alpha value is -3.15. The molecule has 2 aliphatic heterocycles. The number of nitrogens with zero attached hydrogens (tertiary/aromatic N) is 1. The number of likely N-dealkylation sites (N-methyl/N-ethyl adjacent to an activating group) is 1. The number of benzene rings is 1. The summed E-state index contributed by atoms with van der Waals surface area (Å²) in [6, 6.07) is 4.65. The van der Waals surface area contributed by atoms with E-state index in [9.17, 15) is 32.3 Å². The average Bonchev–Trinajstić information content (AvgIpc) is 3.42. The maximum atomic E-state index is 14.2. The molecule has 1 aromatic carbocycles. The highest BCUT2D eigenvalue weighted by atomic mass is 19.4. The first-order chi connectivity index (χ1) is 17.7. The molecule has 2 aliphatic rings. The first-order valence-corrected chi connectivity index (χ1v) is 12.4. The van der Waals surface area contributed by atoms with Crippen molar-refractivity contribution in [3.05, 3.63) is 35.9 Å². The summed E-state index contributed by atoms with van der Waals surface area (Å²) in [7, 11) is 2.01. The SMILES string of the molecule is CNC(=O)[C@H](COC(=O)[C@](OC)(c1ccccc1)C(F)(F)F)NC(=O)C12CCC(CC1)N2C(=O)C(C)(C)C. The van der Waals surface area contributed by atoms with E-state index in [1.165, 1.54) is 25.2 Å². The lowest BCUT2D eigenvalue weighted by atomic mass is 9.85. The summed E-state index contributed by atoms with van der Waals surface area (Å²) in [4.78, 5) is 53.8. The minimum atomic E-state index is -5.19. The first-order valence-electron chi connectivity index (χ1n) is 12.4. The van der Waals surface area contributed by atoms with Gasteiger partial charge in [-0.1, -0.05) is 51.1 Å². The average molecular weight is 542 g/mol. The zero-order valence-corrected chi connectivity index (χ0v) is 22.1. The minimum absolute atomic E-state index is 0.108. The molecule has 2 fully saturated rings. The second-order valence-electron chi connectivity index (χ2n) is 10.7. The first kappa shape index (κ1) is 29.4. The predicted octanol–water partition coefficient (Wildman–Crippen LogP) is 2.43. The van der Waals surface area contributed by atoms with E-state index in [1.807, 2.05) is 0 Å². The Morgan fingerprint density at radius 1 is 1.08 bits per heavy atom. The number of alkyl halides is 3. The van der Waals surface area contributed by atoms with Crippen molar-refractivity contribution >= 4 is 23.7 Å². The monoisotopic (exact) mass is 541 g/mol. The molecule has 2 saturated heterocycles. The standard InChI is InChI=1S/C26H34F3N3O6/c1-23(2,3)21(35)32-17-11-13-24(32,14-12-17)20(34)31-18(19(33)30-4)15-38-22(36)25(37-5,26(27,28)29)16-9-7-6-8-10-16/h6-10,17-18H,11-15H2,1-5H3,(H,30,33)(H,31,34)/t17?,18-,24?,25+/m0/s1. The van der Waals surface area contributed by atoms with Crippen LogP contribution in [0, 0.1) is 5.41 Å². The highest BCUT2D eigenvalue weighted by Gasteiger charge is 2.64. The fraction of sp³-hybridized carbons (Fsp3) is 0.615. The van der Waals surface area contributed by atoms with E-state index in [2.05, 4.69) is 10.6 Å². The lowest BCUT2D eigenvalue weighted by molar-refractivity contribution is -0.276. The third-order valence-electron chi connectivity index (χ3n) is 7.31. The summed E-state index contributed by atoms with van der Waals surface area (Å²) < 4.78 is 52.2. The van der Waals surface area contributed by atoms with Crippen LogP contribution in [-0.2, 0) is 34.3 Å². The van der Waals surface area contributed by atoms with Crippen LogP contribution in [0.3, 0.4) is 0 Å². The molecule has 2 heterocycles. The molecule has 2 bridgehead atoms. The zero-order valence-electron chi connectivity index (χ0n) is 22.1. The van der Waals surface area contributed by atoms with Crippen molar-refractivity contribution in [3.8, 4) is 0 Å². The molecule has 3 rings (SSSR count). The molecule has 9 nitrogen and oxygen atoms in total. The van der Waals surface area contributed by atoms with E-state index in [0.29, 0.717) is 25.7 Å². The van der Waals surface area contributed by atoms with Gasteiger partial charge in [0, 0.05) is 31.2 Å². The number of hydrogen-bond acceptors (Lipinski definition) is 6. The van der Waals surface area contributed by atoms with Gasteiger partial charge in [-0.25, -0.2) is 4.79 Å². The van der Waals surface area contributed by atoms with Crippen molar-refractivity contribution in [1.82, 2.24) is 15.5 Å². The van der Waals surface area contributed by atoms with Gasteiger partial charge in [0.15, 0.2) is 0 Å². The highest BCUT2D eigenvalue weighted by molar-refractivity contribution is 5.97. The molecule has 2 N–H and O–H groups in total. The molecular formula is C26H34F3N3O6. The summed E-state index contributed by atoms with van der Waals surface area (Å²) in [5.41, 5.74) is -5.87. The van der Waals surface area contributed by atoms with Gasteiger partial charge in [0.1, 0.15) is 18.2 Å². The van der Waals surface area contributed by atoms with Crippen molar-refractivity contribution in [3.63, 3.8) is 0 Å². The van der Waals surface area contributed by atoms with Gasteiger partial charge in [-0.05, 0) is 25.7 Å². The van der Waals surface area contributed by atoms with Gasteiger partial charge in [-0.3, -0.25) is 14.4 Å². The van der Waals surface area contributed by atoms with Crippen LogP contribution in [0.5, 0.6) is 0 Å². The smallest absolute Gasteiger partial charge is 0.432 e. The molecule has 3 amide bonds. The van der Waals surface area contributed by atoms with Crippen LogP contribution < -0.4 is 10.6 Å².